The third kappa shape index (κ3) is 6.47. The van der Waals surface area contributed by atoms with Gasteiger partial charge in [-0.3, -0.25) is 9.59 Å². The van der Waals surface area contributed by atoms with Crippen LogP contribution in [0.25, 0.3) is 6.08 Å². The molecule has 3 aromatic carbocycles. The number of nitrogens with one attached hydrogen (secondary N) is 2. The number of halogens is 1. The first kappa shape index (κ1) is 24.6. The normalized spacial score (nSPS) is 10.9. The molecule has 0 unspecified atom stereocenters. The molecule has 3 rings (SSSR count). The highest BCUT2D eigenvalue weighted by molar-refractivity contribution is 6.31. The van der Waals surface area contributed by atoms with E-state index in [1.165, 1.54) is 6.08 Å². The molecular formula is C27H24ClN3O3. The molecule has 2 amide bonds. The Kier molecular flexibility index (Phi) is 8.07. The predicted molar refractivity (Wildman–Crippen MR) is 135 cm³/mol. The van der Waals surface area contributed by atoms with E-state index in [9.17, 15) is 14.9 Å². The van der Waals surface area contributed by atoms with Gasteiger partial charge >= 0.3 is 0 Å². The van der Waals surface area contributed by atoms with Crippen LogP contribution in [0, 0.1) is 32.1 Å². The van der Waals surface area contributed by atoms with E-state index in [1.54, 1.807) is 49.4 Å². The molecule has 0 bridgehead atoms. The summed E-state index contributed by atoms with van der Waals surface area (Å²) in [7, 11) is 0. The molecule has 0 aliphatic rings. The number of hydrogen-bond donors (Lipinski definition) is 2. The fraction of sp³-hybridized carbons (Fsp3) is 0.148. The second kappa shape index (κ2) is 11.2. The molecule has 0 aliphatic heterocycles. The number of hydrogen-bond acceptors (Lipinski definition) is 4. The van der Waals surface area contributed by atoms with Gasteiger partial charge in [-0.25, -0.2) is 0 Å². The van der Waals surface area contributed by atoms with Crippen LogP contribution in [-0.2, 0) is 9.59 Å². The average Bonchev–Trinajstić information content (AvgIpc) is 2.81. The van der Waals surface area contributed by atoms with Crippen molar-refractivity contribution in [1.82, 2.24) is 0 Å². The first-order chi connectivity index (χ1) is 16.3. The Hall–Kier alpha value is -4.08. The van der Waals surface area contributed by atoms with Gasteiger partial charge in [-0.1, -0.05) is 35.9 Å². The zero-order chi connectivity index (χ0) is 24.7. The molecule has 0 saturated carbocycles. The van der Waals surface area contributed by atoms with Crippen LogP contribution in [0.5, 0.6) is 5.75 Å². The Bertz CT molecular complexity index is 1310. The fourth-order valence-corrected chi connectivity index (χ4v) is 3.28. The van der Waals surface area contributed by atoms with E-state index in [2.05, 4.69) is 10.6 Å². The first-order valence-electron chi connectivity index (χ1n) is 10.5. The largest absolute Gasteiger partial charge is 0.484 e. The molecule has 0 heterocycles. The molecule has 0 saturated heterocycles. The summed E-state index contributed by atoms with van der Waals surface area (Å²) in [4.78, 5) is 24.9. The van der Waals surface area contributed by atoms with Crippen molar-refractivity contribution in [3.8, 4) is 11.8 Å². The number of ether oxygens (including phenoxy) is 1. The lowest BCUT2D eigenvalue weighted by Crippen LogP contribution is -2.20. The lowest BCUT2D eigenvalue weighted by Gasteiger charge is -2.10. The van der Waals surface area contributed by atoms with Crippen LogP contribution in [0.4, 0.5) is 11.4 Å². The Morgan fingerprint density at radius 2 is 1.76 bits per heavy atom. The van der Waals surface area contributed by atoms with Crippen LogP contribution in [0.3, 0.4) is 0 Å². The quantitative estimate of drug-likeness (QED) is 0.333. The topological polar surface area (TPSA) is 91.2 Å². The van der Waals surface area contributed by atoms with Crippen LogP contribution >= 0.6 is 11.6 Å². The SMILES string of the molecule is Cc1ccc(NC(=O)COc2cccc(/C=C(/C#N)C(=O)Nc3cccc(Cl)c3C)c2)cc1C. The number of nitriles is 1. The molecular weight excluding hydrogens is 450 g/mol. The van der Waals surface area contributed by atoms with Gasteiger partial charge in [0.1, 0.15) is 17.4 Å². The van der Waals surface area contributed by atoms with Crippen molar-refractivity contribution in [1.29, 1.82) is 5.26 Å². The Morgan fingerprint density at radius 1 is 1.00 bits per heavy atom. The molecule has 0 atom stereocenters. The molecule has 2 N–H and O–H groups in total. The molecule has 7 heteroatoms. The molecule has 0 spiro atoms. The van der Waals surface area contributed by atoms with Crippen LogP contribution in [0.1, 0.15) is 22.3 Å². The Labute approximate surface area is 203 Å². The average molecular weight is 474 g/mol. The van der Waals surface area contributed by atoms with Gasteiger partial charge in [0.2, 0.25) is 0 Å². The van der Waals surface area contributed by atoms with Crippen molar-refractivity contribution in [3.05, 3.63) is 93.5 Å². The van der Waals surface area contributed by atoms with Crippen molar-refractivity contribution in [2.24, 2.45) is 0 Å². The van der Waals surface area contributed by atoms with Crippen LogP contribution in [0.15, 0.2) is 66.2 Å². The van der Waals surface area contributed by atoms with Gasteiger partial charge in [-0.05, 0) is 85.5 Å². The lowest BCUT2D eigenvalue weighted by molar-refractivity contribution is -0.118. The molecule has 0 fully saturated rings. The number of benzene rings is 3. The summed E-state index contributed by atoms with van der Waals surface area (Å²) in [6.45, 7) is 5.59. The minimum absolute atomic E-state index is 0.0796. The maximum atomic E-state index is 12.6. The number of anilines is 2. The van der Waals surface area contributed by atoms with Gasteiger partial charge in [0.15, 0.2) is 6.61 Å². The van der Waals surface area contributed by atoms with E-state index < -0.39 is 5.91 Å². The van der Waals surface area contributed by atoms with Gasteiger partial charge < -0.3 is 15.4 Å². The highest BCUT2D eigenvalue weighted by atomic mass is 35.5. The monoisotopic (exact) mass is 473 g/mol. The zero-order valence-corrected chi connectivity index (χ0v) is 19.9. The highest BCUT2D eigenvalue weighted by Gasteiger charge is 2.12. The summed E-state index contributed by atoms with van der Waals surface area (Å²) in [6, 6.07) is 19.6. The van der Waals surface area contributed by atoms with E-state index in [-0.39, 0.29) is 18.1 Å². The van der Waals surface area contributed by atoms with Crippen molar-refractivity contribution in [2.45, 2.75) is 20.8 Å². The molecule has 0 radical (unpaired) electrons. The second-order valence-electron chi connectivity index (χ2n) is 7.74. The summed E-state index contributed by atoms with van der Waals surface area (Å²) in [5.41, 5.74) is 4.68. The molecule has 172 valence electrons. The lowest BCUT2D eigenvalue weighted by atomic mass is 10.1. The van der Waals surface area contributed by atoms with E-state index >= 15 is 0 Å². The van der Waals surface area contributed by atoms with Crippen molar-refractivity contribution in [3.63, 3.8) is 0 Å². The van der Waals surface area contributed by atoms with E-state index in [1.807, 2.05) is 38.1 Å². The number of nitrogens with zero attached hydrogens (tertiary/aromatic N) is 1. The summed E-state index contributed by atoms with van der Waals surface area (Å²) < 4.78 is 5.60. The van der Waals surface area contributed by atoms with Gasteiger partial charge in [0.05, 0.1) is 0 Å². The maximum Gasteiger partial charge on any atom is 0.266 e. The third-order valence-electron chi connectivity index (χ3n) is 5.21. The summed E-state index contributed by atoms with van der Waals surface area (Å²) in [6.07, 6.45) is 1.46. The van der Waals surface area contributed by atoms with Gasteiger partial charge in [0.25, 0.3) is 11.8 Å². The first-order valence-corrected chi connectivity index (χ1v) is 10.9. The molecule has 3 aromatic rings. The van der Waals surface area contributed by atoms with Gasteiger partial charge in [0, 0.05) is 16.4 Å². The second-order valence-corrected chi connectivity index (χ2v) is 8.15. The predicted octanol–water partition coefficient (Wildman–Crippen LogP) is 5.83. The summed E-state index contributed by atoms with van der Waals surface area (Å²) in [5, 5.41) is 15.5. The standard InChI is InChI=1S/C27H24ClN3O3/c1-17-10-11-22(12-18(17)2)30-26(32)16-34-23-7-4-6-20(14-23)13-21(15-29)27(33)31-25-9-5-8-24(28)19(25)3/h4-14H,16H2,1-3H3,(H,30,32)(H,31,33)/b21-13-. The van der Waals surface area contributed by atoms with E-state index in [0.717, 1.165) is 11.1 Å². The molecule has 0 aromatic heterocycles. The Morgan fingerprint density at radius 3 is 2.50 bits per heavy atom. The van der Waals surface area contributed by atoms with Crippen LogP contribution in [0.2, 0.25) is 5.02 Å². The Balaban J connectivity index is 1.65. The smallest absolute Gasteiger partial charge is 0.266 e. The van der Waals surface area contributed by atoms with E-state index in [4.69, 9.17) is 16.3 Å². The van der Waals surface area contributed by atoms with Crippen LogP contribution < -0.4 is 15.4 Å². The summed E-state index contributed by atoms with van der Waals surface area (Å²) in [5.74, 6) is -0.405. The number of carbonyl (C=O) groups excluding carboxylic acids is 2. The number of carbonyl (C=O) groups is 2. The fourth-order valence-electron chi connectivity index (χ4n) is 3.11. The highest BCUT2D eigenvalue weighted by Crippen LogP contribution is 2.24. The number of amides is 2. The van der Waals surface area contributed by atoms with Crippen molar-refractivity contribution < 1.29 is 14.3 Å². The van der Waals surface area contributed by atoms with Crippen molar-refractivity contribution >= 4 is 40.9 Å². The maximum absolute atomic E-state index is 12.6. The van der Waals surface area contributed by atoms with Gasteiger partial charge in [-0.15, -0.1) is 0 Å². The minimum atomic E-state index is -0.549. The molecule has 6 nitrogen and oxygen atoms in total. The van der Waals surface area contributed by atoms with Gasteiger partial charge in [-0.2, -0.15) is 5.26 Å². The number of aryl methyl sites for hydroxylation is 2. The zero-order valence-electron chi connectivity index (χ0n) is 19.1. The summed E-state index contributed by atoms with van der Waals surface area (Å²) >= 11 is 6.09. The molecule has 0 aliphatic carbocycles. The van der Waals surface area contributed by atoms with Crippen LogP contribution in [-0.4, -0.2) is 18.4 Å². The number of rotatable bonds is 7. The third-order valence-corrected chi connectivity index (χ3v) is 5.62. The van der Waals surface area contributed by atoms with E-state index in [0.29, 0.717) is 33.3 Å². The molecule has 34 heavy (non-hydrogen) atoms. The minimum Gasteiger partial charge on any atom is -0.484 e. The van der Waals surface area contributed by atoms with Crippen molar-refractivity contribution in [2.75, 3.05) is 17.2 Å².